The van der Waals surface area contributed by atoms with E-state index in [1.807, 2.05) is 20.2 Å². The van der Waals surface area contributed by atoms with Gasteiger partial charge in [0.2, 0.25) is 11.9 Å². The van der Waals surface area contributed by atoms with E-state index >= 15 is 0 Å². The molecule has 0 spiro atoms. The van der Waals surface area contributed by atoms with E-state index in [0.717, 1.165) is 29.8 Å². The lowest BCUT2D eigenvalue weighted by molar-refractivity contribution is -0.123. The Labute approximate surface area is 176 Å². The number of rotatable bonds is 6. The number of ether oxygens (including phenoxy) is 2. The van der Waals surface area contributed by atoms with Crippen molar-refractivity contribution in [2.45, 2.75) is 37.1 Å². The van der Waals surface area contributed by atoms with Crippen molar-refractivity contribution in [3.8, 4) is 11.3 Å². The highest BCUT2D eigenvalue weighted by molar-refractivity contribution is 5.81. The number of nitrogens with zero attached hydrogens (tertiary/aromatic N) is 3. The highest BCUT2D eigenvalue weighted by Crippen LogP contribution is 2.32. The van der Waals surface area contributed by atoms with Crippen molar-refractivity contribution in [3.05, 3.63) is 36.5 Å². The van der Waals surface area contributed by atoms with E-state index < -0.39 is 0 Å². The molecule has 1 aliphatic carbocycles. The number of amides is 1. The number of hydrogen-bond donors (Lipinski definition) is 2. The van der Waals surface area contributed by atoms with Crippen LogP contribution in [0, 0.1) is 5.92 Å². The molecule has 3 fully saturated rings. The normalized spacial score (nSPS) is 27.5. The molecule has 1 saturated carbocycles. The summed E-state index contributed by atoms with van der Waals surface area (Å²) in [6.07, 6.45) is 3.48. The summed E-state index contributed by atoms with van der Waals surface area (Å²) in [4.78, 5) is 23.2. The lowest BCUT2D eigenvalue weighted by Crippen LogP contribution is -2.45. The van der Waals surface area contributed by atoms with E-state index in [2.05, 4.69) is 49.8 Å². The fourth-order valence-electron chi connectivity index (χ4n) is 4.08. The van der Waals surface area contributed by atoms with Crippen LogP contribution in [0.15, 0.2) is 36.5 Å². The third-order valence-corrected chi connectivity index (χ3v) is 5.98. The van der Waals surface area contributed by atoms with Gasteiger partial charge >= 0.3 is 0 Å². The van der Waals surface area contributed by atoms with Crippen LogP contribution >= 0.6 is 0 Å². The van der Waals surface area contributed by atoms with Crippen LogP contribution in [0.1, 0.15) is 12.8 Å². The molecule has 1 aromatic carbocycles. The van der Waals surface area contributed by atoms with Gasteiger partial charge in [-0.25, -0.2) is 9.97 Å². The molecule has 0 bridgehead atoms. The van der Waals surface area contributed by atoms with Gasteiger partial charge in [0.25, 0.3) is 0 Å². The van der Waals surface area contributed by atoms with Gasteiger partial charge in [-0.2, -0.15) is 0 Å². The Morgan fingerprint density at radius 3 is 2.43 bits per heavy atom. The highest BCUT2D eigenvalue weighted by Gasteiger charge is 2.49. The van der Waals surface area contributed by atoms with E-state index in [4.69, 9.17) is 9.47 Å². The summed E-state index contributed by atoms with van der Waals surface area (Å²) in [5.41, 5.74) is 3.03. The molecule has 158 valence electrons. The second kappa shape index (κ2) is 7.85. The van der Waals surface area contributed by atoms with Crippen LogP contribution in [-0.4, -0.2) is 67.5 Å². The number of hydrogen-bond acceptors (Lipinski definition) is 7. The number of aromatic nitrogens is 2. The number of fused-ring (bicyclic) bond motifs is 1. The molecule has 0 radical (unpaired) electrons. The summed E-state index contributed by atoms with van der Waals surface area (Å²) < 4.78 is 11.9. The summed E-state index contributed by atoms with van der Waals surface area (Å²) in [5, 5.41) is 6.46. The molecule has 4 atom stereocenters. The second-order valence-electron chi connectivity index (χ2n) is 8.44. The van der Waals surface area contributed by atoms with Crippen LogP contribution in [-0.2, 0) is 14.3 Å². The smallest absolute Gasteiger partial charge is 0.223 e. The molecular weight excluding hydrogens is 382 g/mol. The SMILES string of the molecule is CN(C)c1ccc(-c2ccnc(N[C@@H]3CO[C@@H]4[C@@H]3OC[C@@H]4NC(=O)C3CC3)n2)cc1. The number of benzene rings is 1. The van der Waals surface area contributed by atoms with Crippen LogP contribution in [0.4, 0.5) is 11.6 Å². The van der Waals surface area contributed by atoms with Crippen molar-refractivity contribution < 1.29 is 14.3 Å². The van der Waals surface area contributed by atoms with E-state index in [0.29, 0.717) is 19.2 Å². The van der Waals surface area contributed by atoms with Crippen LogP contribution in [0.2, 0.25) is 0 Å². The lowest BCUT2D eigenvalue weighted by atomic mass is 10.1. The molecule has 0 unspecified atom stereocenters. The average Bonchev–Trinajstić information content (AvgIpc) is 3.43. The fourth-order valence-corrected chi connectivity index (χ4v) is 4.08. The molecule has 2 aromatic rings. The predicted molar refractivity (Wildman–Crippen MR) is 113 cm³/mol. The summed E-state index contributed by atoms with van der Waals surface area (Å²) in [5.74, 6) is 0.857. The van der Waals surface area contributed by atoms with Crippen molar-refractivity contribution in [1.82, 2.24) is 15.3 Å². The van der Waals surface area contributed by atoms with E-state index in [1.54, 1.807) is 6.20 Å². The van der Waals surface area contributed by atoms with Gasteiger partial charge in [-0.05, 0) is 31.0 Å². The maximum atomic E-state index is 12.1. The topological polar surface area (TPSA) is 88.6 Å². The Kier molecular flexibility index (Phi) is 5.04. The summed E-state index contributed by atoms with van der Waals surface area (Å²) in [6.45, 7) is 0.974. The van der Waals surface area contributed by atoms with Gasteiger partial charge in [0.15, 0.2) is 0 Å². The summed E-state index contributed by atoms with van der Waals surface area (Å²) in [6, 6.07) is 10.0. The first kappa shape index (κ1) is 19.3. The minimum absolute atomic E-state index is 0.0517. The maximum Gasteiger partial charge on any atom is 0.223 e. The fraction of sp³-hybridized carbons (Fsp3) is 0.500. The number of nitrogens with one attached hydrogen (secondary N) is 2. The third kappa shape index (κ3) is 3.85. The zero-order valence-electron chi connectivity index (χ0n) is 17.2. The van der Waals surface area contributed by atoms with Gasteiger partial charge in [-0.3, -0.25) is 4.79 Å². The predicted octanol–water partition coefficient (Wildman–Crippen LogP) is 1.68. The van der Waals surface area contributed by atoms with Gasteiger partial charge in [0, 0.05) is 37.5 Å². The Morgan fingerprint density at radius 1 is 1.03 bits per heavy atom. The minimum atomic E-state index is -0.132. The average molecular weight is 409 g/mol. The van der Waals surface area contributed by atoms with Gasteiger partial charge in [-0.15, -0.1) is 0 Å². The Hall–Kier alpha value is -2.71. The molecule has 3 heterocycles. The Bertz CT molecular complexity index is 915. The van der Waals surface area contributed by atoms with Gasteiger partial charge in [0.1, 0.15) is 12.2 Å². The molecule has 5 rings (SSSR count). The van der Waals surface area contributed by atoms with Crippen LogP contribution in [0.25, 0.3) is 11.3 Å². The van der Waals surface area contributed by atoms with Crippen molar-refractivity contribution in [2.24, 2.45) is 5.92 Å². The molecule has 30 heavy (non-hydrogen) atoms. The Balaban J connectivity index is 1.24. The molecule has 1 amide bonds. The molecule has 8 nitrogen and oxygen atoms in total. The van der Waals surface area contributed by atoms with Crippen LogP contribution in [0.3, 0.4) is 0 Å². The van der Waals surface area contributed by atoms with Crippen molar-refractivity contribution in [3.63, 3.8) is 0 Å². The third-order valence-electron chi connectivity index (χ3n) is 5.98. The quantitative estimate of drug-likeness (QED) is 0.750. The number of anilines is 2. The first-order valence-electron chi connectivity index (χ1n) is 10.5. The van der Waals surface area contributed by atoms with E-state index in [-0.39, 0.29) is 36.1 Å². The van der Waals surface area contributed by atoms with Crippen molar-refractivity contribution in [2.75, 3.05) is 37.5 Å². The Morgan fingerprint density at radius 2 is 1.73 bits per heavy atom. The summed E-state index contributed by atoms with van der Waals surface area (Å²) >= 11 is 0. The van der Waals surface area contributed by atoms with Crippen LogP contribution < -0.4 is 15.5 Å². The molecule has 2 N–H and O–H groups in total. The van der Waals surface area contributed by atoms with Gasteiger partial charge in [-0.1, -0.05) is 12.1 Å². The molecular formula is C22H27N5O3. The second-order valence-corrected chi connectivity index (χ2v) is 8.44. The van der Waals surface area contributed by atoms with Gasteiger partial charge in [0.05, 0.1) is 31.0 Å². The van der Waals surface area contributed by atoms with Crippen molar-refractivity contribution in [1.29, 1.82) is 0 Å². The first-order chi connectivity index (χ1) is 14.6. The lowest BCUT2D eigenvalue weighted by Gasteiger charge is -2.18. The maximum absolute atomic E-state index is 12.1. The largest absolute Gasteiger partial charge is 0.378 e. The van der Waals surface area contributed by atoms with Crippen molar-refractivity contribution >= 4 is 17.5 Å². The molecule has 3 aliphatic rings. The zero-order chi connectivity index (χ0) is 20.7. The van der Waals surface area contributed by atoms with Gasteiger partial charge < -0.3 is 25.0 Å². The molecule has 1 aromatic heterocycles. The number of carbonyl (C=O) groups excluding carboxylic acids is 1. The van der Waals surface area contributed by atoms with E-state index in [1.165, 1.54) is 0 Å². The zero-order valence-corrected chi connectivity index (χ0v) is 17.2. The monoisotopic (exact) mass is 409 g/mol. The van der Waals surface area contributed by atoms with E-state index in [9.17, 15) is 4.79 Å². The minimum Gasteiger partial charge on any atom is -0.378 e. The molecule has 8 heteroatoms. The first-order valence-corrected chi connectivity index (χ1v) is 10.5. The van der Waals surface area contributed by atoms with Crippen LogP contribution in [0.5, 0.6) is 0 Å². The number of carbonyl (C=O) groups is 1. The molecule has 2 aliphatic heterocycles. The highest BCUT2D eigenvalue weighted by atomic mass is 16.6. The standard InChI is InChI=1S/C22H27N5O3/c1-27(2)15-7-5-13(6-8-15)16-9-10-23-22(25-16)26-18-12-30-19-17(11-29-20(18)19)24-21(28)14-3-4-14/h5-10,14,17-20H,3-4,11-12H2,1-2H3,(H,24,28)(H,23,25,26)/t17-,18+,19-,20+/m0/s1. The summed E-state index contributed by atoms with van der Waals surface area (Å²) in [7, 11) is 4.04. The molecule has 2 saturated heterocycles.